The van der Waals surface area contributed by atoms with Crippen LogP contribution in [0.3, 0.4) is 0 Å². The lowest BCUT2D eigenvalue weighted by Gasteiger charge is -2.23. The molecule has 0 atom stereocenters. The van der Waals surface area contributed by atoms with Gasteiger partial charge in [0.15, 0.2) is 5.82 Å². The zero-order valence-electron chi connectivity index (χ0n) is 14.4. The predicted octanol–water partition coefficient (Wildman–Crippen LogP) is 3.46. The fraction of sp³-hybridized carbons (Fsp3) is 0.278. The second kappa shape index (κ2) is 6.72. The number of aromatic nitrogens is 4. The SMILES string of the molecule is Cc1cc(NC(=O)C(C)(C)n2cc(Cl)cn2)nn1Cc1ccccc1. The summed E-state index contributed by atoms with van der Waals surface area (Å²) < 4.78 is 3.40. The first-order chi connectivity index (χ1) is 11.9. The topological polar surface area (TPSA) is 64.7 Å². The lowest BCUT2D eigenvalue weighted by atomic mass is 10.1. The first-order valence-electron chi connectivity index (χ1n) is 7.97. The normalized spacial score (nSPS) is 11.5. The minimum absolute atomic E-state index is 0.211. The smallest absolute Gasteiger partial charge is 0.252 e. The molecule has 2 heterocycles. The van der Waals surface area contributed by atoms with E-state index in [9.17, 15) is 4.79 Å². The lowest BCUT2D eigenvalue weighted by molar-refractivity contribution is -0.123. The summed E-state index contributed by atoms with van der Waals surface area (Å²) in [7, 11) is 0. The van der Waals surface area contributed by atoms with Crippen LogP contribution in [0.25, 0.3) is 0 Å². The molecule has 0 saturated heterocycles. The van der Waals surface area contributed by atoms with E-state index in [4.69, 9.17) is 11.6 Å². The number of benzene rings is 1. The van der Waals surface area contributed by atoms with Gasteiger partial charge in [0, 0.05) is 18.0 Å². The molecule has 0 bridgehead atoms. The molecule has 2 aromatic heterocycles. The van der Waals surface area contributed by atoms with Gasteiger partial charge >= 0.3 is 0 Å². The Labute approximate surface area is 151 Å². The average Bonchev–Trinajstić information content (AvgIpc) is 3.15. The fourth-order valence-electron chi connectivity index (χ4n) is 2.47. The third-order valence-electron chi connectivity index (χ3n) is 4.08. The molecule has 25 heavy (non-hydrogen) atoms. The molecule has 130 valence electrons. The van der Waals surface area contributed by atoms with Crippen molar-refractivity contribution in [2.45, 2.75) is 32.9 Å². The van der Waals surface area contributed by atoms with E-state index >= 15 is 0 Å². The van der Waals surface area contributed by atoms with Crippen LogP contribution in [0.2, 0.25) is 5.02 Å². The highest BCUT2D eigenvalue weighted by Crippen LogP contribution is 2.20. The maximum Gasteiger partial charge on any atom is 0.252 e. The quantitative estimate of drug-likeness (QED) is 0.760. The van der Waals surface area contributed by atoms with Crippen LogP contribution in [-0.4, -0.2) is 25.5 Å². The van der Waals surface area contributed by atoms with Crippen molar-refractivity contribution in [2.24, 2.45) is 0 Å². The molecule has 7 heteroatoms. The molecule has 3 aromatic rings. The van der Waals surface area contributed by atoms with Gasteiger partial charge in [0.05, 0.1) is 17.8 Å². The number of aryl methyl sites for hydroxylation is 1. The number of carbonyl (C=O) groups is 1. The molecule has 1 N–H and O–H groups in total. The number of hydrogen-bond donors (Lipinski definition) is 1. The zero-order chi connectivity index (χ0) is 18.0. The Bertz CT molecular complexity index is 882. The summed E-state index contributed by atoms with van der Waals surface area (Å²) in [5.41, 5.74) is 1.24. The van der Waals surface area contributed by atoms with Crippen LogP contribution in [0.15, 0.2) is 48.8 Å². The molecule has 0 saturated carbocycles. The summed E-state index contributed by atoms with van der Waals surface area (Å²) in [5, 5.41) is 12.0. The van der Waals surface area contributed by atoms with Gasteiger partial charge in [0.1, 0.15) is 5.54 Å². The Morgan fingerprint density at radius 2 is 2.00 bits per heavy atom. The Kier molecular flexibility index (Phi) is 4.63. The van der Waals surface area contributed by atoms with Gasteiger partial charge in [-0.2, -0.15) is 10.2 Å². The van der Waals surface area contributed by atoms with E-state index < -0.39 is 5.54 Å². The lowest BCUT2D eigenvalue weighted by Crippen LogP contribution is -2.40. The molecule has 0 aliphatic heterocycles. The molecular weight excluding hydrogens is 338 g/mol. The average molecular weight is 358 g/mol. The minimum atomic E-state index is -0.885. The third-order valence-corrected chi connectivity index (χ3v) is 4.27. The highest BCUT2D eigenvalue weighted by Gasteiger charge is 2.31. The van der Waals surface area contributed by atoms with Crippen molar-refractivity contribution in [3.05, 3.63) is 65.1 Å². The number of nitrogens with zero attached hydrogens (tertiary/aromatic N) is 4. The molecule has 1 amide bonds. The second-order valence-electron chi connectivity index (χ2n) is 6.43. The van der Waals surface area contributed by atoms with Gasteiger partial charge in [0.2, 0.25) is 0 Å². The minimum Gasteiger partial charge on any atom is -0.307 e. The summed E-state index contributed by atoms with van der Waals surface area (Å²) in [5.74, 6) is 0.307. The van der Waals surface area contributed by atoms with Crippen LogP contribution >= 0.6 is 11.6 Å². The van der Waals surface area contributed by atoms with Crippen molar-refractivity contribution in [1.82, 2.24) is 19.6 Å². The summed E-state index contributed by atoms with van der Waals surface area (Å²) in [6.07, 6.45) is 3.13. The van der Waals surface area contributed by atoms with Crippen LogP contribution < -0.4 is 5.32 Å². The number of halogens is 1. The number of amides is 1. The Morgan fingerprint density at radius 1 is 1.28 bits per heavy atom. The molecule has 0 fully saturated rings. The Balaban J connectivity index is 1.75. The van der Waals surface area contributed by atoms with E-state index in [0.29, 0.717) is 17.4 Å². The van der Waals surface area contributed by atoms with Gasteiger partial charge in [0.25, 0.3) is 5.91 Å². The highest BCUT2D eigenvalue weighted by atomic mass is 35.5. The highest BCUT2D eigenvalue weighted by molar-refractivity contribution is 6.30. The second-order valence-corrected chi connectivity index (χ2v) is 6.87. The molecule has 0 aliphatic rings. The molecule has 0 unspecified atom stereocenters. The first-order valence-corrected chi connectivity index (χ1v) is 8.34. The van der Waals surface area contributed by atoms with Crippen molar-refractivity contribution in [1.29, 1.82) is 0 Å². The zero-order valence-corrected chi connectivity index (χ0v) is 15.2. The van der Waals surface area contributed by atoms with E-state index in [-0.39, 0.29) is 5.91 Å². The first kappa shape index (κ1) is 17.2. The molecule has 0 spiro atoms. The third kappa shape index (κ3) is 3.74. The van der Waals surface area contributed by atoms with E-state index in [2.05, 4.69) is 15.5 Å². The van der Waals surface area contributed by atoms with Crippen molar-refractivity contribution in [2.75, 3.05) is 5.32 Å². The van der Waals surface area contributed by atoms with E-state index in [1.807, 2.05) is 48.0 Å². The summed E-state index contributed by atoms with van der Waals surface area (Å²) in [6, 6.07) is 11.9. The maximum absolute atomic E-state index is 12.7. The van der Waals surface area contributed by atoms with Crippen LogP contribution in [0.4, 0.5) is 5.82 Å². The standard InChI is InChI=1S/C18H20ClN5O/c1-13-9-16(22-23(13)11-14-7-5-4-6-8-14)21-17(25)18(2,3)24-12-15(19)10-20-24/h4-10,12H,11H2,1-3H3,(H,21,22,25). The number of rotatable bonds is 5. The maximum atomic E-state index is 12.7. The van der Waals surface area contributed by atoms with Crippen molar-refractivity contribution >= 4 is 23.3 Å². The van der Waals surface area contributed by atoms with Crippen molar-refractivity contribution in [3.63, 3.8) is 0 Å². The fourth-order valence-corrected chi connectivity index (χ4v) is 2.60. The number of carbonyl (C=O) groups excluding carboxylic acids is 1. The van der Waals surface area contributed by atoms with Gasteiger partial charge in [-0.25, -0.2) is 0 Å². The van der Waals surface area contributed by atoms with E-state index in [1.54, 1.807) is 24.7 Å². The molecule has 0 radical (unpaired) electrons. The summed E-state index contributed by atoms with van der Waals surface area (Å²) in [6.45, 7) is 6.17. The van der Waals surface area contributed by atoms with Crippen LogP contribution in [-0.2, 0) is 16.9 Å². The monoisotopic (exact) mass is 357 g/mol. The van der Waals surface area contributed by atoms with Crippen LogP contribution in [0.5, 0.6) is 0 Å². The summed E-state index contributed by atoms with van der Waals surface area (Å²) >= 11 is 5.90. The summed E-state index contributed by atoms with van der Waals surface area (Å²) in [4.78, 5) is 12.7. The Hall–Kier alpha value is -2.60. The van der Waals surface area contributed by atoms with E-state index in [0.717, 1.165) is 11.3 Å². The number of hydrogen-bond acceptors (Lipinski definition) is 3. The van der Waals surface area contributed by atoms with Crippen molar-refractivity contribution < 1.29 is 4.79 Å². The number of nitrogens with one attached hydrogen (secondary N) is 1. The predicted molar refractivity (Wildman–Crippen MR) is 97.7 cm³/mol. The van der Waals surface area contributed by atoms with Crippen molar-refractivity contribution in [3.8, 4) is 0 Å². The molecular formula is C18H20ClN5O. The Morgan fingerprint density at radius 3 is 2.64 bits per heavy atom. The van der Waals surface area contributed by atoms with Gasteiger partial charge in [-0.3, -0.25) is 14.2 Å². The van der Waals surface area contributed by atoms with Gasteiger partial charge < -0.3 is 5.32 Å². The van der Waals surface area contributed by atoms with Gasteiger partial charge in [-0.05, 0) is 26.3 Å². The van der Waals surface area contributed by atoms with Crippen LogP contribution in [0.1, 0.15) is 25.1 Å². The van der Waals surface area contributed by atoms with Gasteiger partial charge in [-0.1, -0.05) is 41.9 Å². The van der Waals surface area contributed by atoms with Gasteiger partial charge in [-0.15, -0.1) is 0 Å². The number of anilines is 1. The van der Waals surface area contributed by atoms with Crippen LogP contribution in [0, 0.1) is 6.92 Å². The molecule has 1 aromatic carbocycles. The molecule has 6 nitrogen and oxygen atoms in total. The van der Waals surface area contributed by atoms with E-state index in [1.165, 1.54) is 6.20 Å². The molecule has 3 rings (SSSR count). The largest absolute Gasteiger partial charge is 0.307 e. The molecule has 0 aliphatic carbocycles.